The molecule has 0 aliphatic carbocycles. The molecular formula is C15H21ClFN3O. The van der Waals surface area contributed by atoms with Crippen molar-refractivity contribution in [3.8, 4) is 0 Å². The van der Waals surface area contributed by atoms with Gasteiger partial charge in [-0.15, -0.1) is 0 Å². The second-order valence-corrected chi connectivity index (χ2v) is 5.84. The van der Waals surface area contributed by atoms with E-state index >= 15 is 0 Å². The van der Waals surface area contributed by atoms with Gasteiger partial charge in [0, 0.05) is 26.7 Å². The summed E-state index contributed by atoms with van der Waals surface area (Å²) in [5.74, 6) is 0.279. The molecule has 1 aromatic carbocycles. The molecule has 6 heteroatoms. The maximum Gasteiger partial charge on any atom is 0.191 e. The first-order chi connectivity index (χ1) is 10.0. The number of hydrogen-bond acceptors (Lipinski definition) is 2. The van der Waals surface area contributed by atoms with E-state index in [1.165, 1.54) is 6.07 Å². The second-order valence-electron chi connectivity index (χ2n) is 5.43. The van der Waals surface area contributed by atoms with Crippen LogP contribution in [0.15, 0.2) is 23.2 Å². The Morgan fingerprint density at radius 2 is 2.29 bits per heavy atom. The number of nitrogens with zero attached hydrogens (tertiary/aromatic N) is 1. The SMILES string of the molecule is CN=C(NCc1ccc(F)c(Cl)c1)NCC1(C)CCCO1. The van der Waals surface area contributed by atoms with Crippen molar-refractivity contribution < 1.29 is 9.13 Å². The smallest absolute Gasteiger partial charge is 0.191 e. The average Bonchev–Trinajstić information content (AvgIpc) is 2.90. The lowest BCUT2D eigenvalue weighted by Gasteiger charge is -2.24. The summed E-state index contributed by atoms with van der Waals surface area (Å²) in [6, 6.07) is 4.67. The maximum atomic E-state index is 13.1. The van der Waals surface area contributed by atoms with Crippen LogP contribution in [0.5, 0.6) is 0 Å². The molecule has 1 aliphatic rings. The Balaban J connectivity index is 1.83. The number of rotatable bonds is 4. The van der Waals surface area contributed by atoms with Crippen LogP contribution in [0, 0.1) is 5.82 Å². The summed E-state index contributed by atoms with van der Waals surface area (Å²) in [5.41, 5.74) is 0.768. The summed E-state index contributed by atoms with van der Waals surface area (Å²) in [5, 5.41) is 6.56. The van der Waals surface area contributed by atoms with E-state index in [-0.39, 0.29) is 10.6 Å². The van der Waals surface area contributed by atoms with Crippen molar-refractivity contribution >= 4 is 17.6 Å². The zero-order valence-corrected chi connectivity index (χ0v) is 13.1. The van der Waals surface area contributed by atoms with Gasteiger partial charge in [0.1, 0.15) is 5.82 Å². The highest BCUT2D eigenvalue weighted by molar-refractivity contribution is 6.30. The molecular weight excluding hydrogens is 293 g/mol. The van der Waals surface area contributed by atoms with Crippen molar-refractivity contribution in [3.05, 3.63) is 34.6 Å². The molecule has 0 radical (unpaired) electrons. The lowest BCUT2D eigenvalue weighted by molar-refractivity contribution is 0.0243. The number of benzene rings is 1. The highest BCUT2D eigenvalue weighted by Crippen LogP contribution is 2.23. The molecule has 2 rings (SSSR count). The van der Waals surface area contributed by atoms with Gasteiger partial charge in [-0.05, 0) is 37.5 Å². The van der Waals surface area contributed by atoms with E-state index in [9.17, 15) is 4.39 Å². The number of ether oxygens (including phenoxy) is 1. The standard InChI is InChI=1S/C15H21ClFN3O/c1-15(6-3-7-21-15)10-20-14(18-2)19-9-11-4-5-13(17)12(16)8-11/h4-5,8H,3,6-7,9-10H2,1-2H3,(H2,18,19,20). The fraction of sp³-hybridized carbons (Fsp3) is 0.533. The molecule has 1 heterocycles. The van der Waals surface area contributed by atoms with Crippen molar-refractivity contribution in [1.82, 2.24) is 10.6 Å². The lowest BCUT2D eigenvalue weighted by Crippen LogP contribution is -2.45. The van der Waals surface area contributed by atoms with Crippen molar-refractivity contribution in [1.29, 1.82) is 0 Å². The highest BCUT2D eigenvalue weighted by atomic mass is 35.5. The number of nitrogens with one attached hydrogen (secondary N) is 2. The summed E-state index contributed by atoms with van der Waals surface area (Å²) in [6.07, 6.45) is 2.14. The zero-order chi connectivity index (χ0) is 15.3. The van der Waals surface area contributed by atoms with Gasteiger partial charge in [-0.2, -0.15) is 0 Å². The Morgan fingerprint density at radius 1 is 1.48 bits per heavy atom. The topological polar surface area (TPSA) is 45.7 Å². The Kier molecular flexibility index (Phi) is 5.42. The van der Waals surface area contributed by atoms with Gasteiger partial charge in [0.15, 0.2) is 5.96 Å². The van der Waals surface area contributed by atoms with Crippen LogP contribution in [-0.2, 0) is 11.3 Å². The molecule has 0 amide bonds. The van der Waals surface area contributed by atoms with Gasteiger partial charge in [0.25, 0.3) is 0 Å². The molecule has 1 aromatic rings. The molecule has 1 fully saturated rings. The van der Waals surface area contributed by atoms with Crippen molar-refractivity contribution in [2.75, 3.05) is 20.2 Å². The number of aliphatic imine (C=N–C) groups is 1. The lowest BCUT2D eigenvalue weighted by atomic mass is 10.0. The largest absolute Gasteiger partial charge is 0.373 e. The van der Waals surface area contributed by atoms with E-state index in [0.29, 0.717) is 19.0 Å². The van der Waals surface area contributed by atoms with E-state index in [1.54, 1.807) is 19.2 Å². The van der Waals surface area contributed by atoms with Crippen molar-refractivity contribution in [2.45, 2.75) is 31.9 Å². The maximum absolute atomic E-state index is 13.1. The third kappa shape index (κ3) is 4.58. The Hall–Kier alpha value is -1.33. The fourth-order valence-electron chi connectivity index (χ4n) is 2.30. The third-order valence-corrected chi connectivity index (χ3v) is 3.89. The van der Waals surface area contributed by atoms with Gasteiger partial charge >= 0.3 is 0 Å². The first-order valence-electron chi connectivity index (χ1n) is 7.05. The quantitative estimate of drug-likeness (QED) is 0.663. The van der Waals surface area contributed by atoms with Crippen LogP contribution in [0.1, 0.15) is 25.3 Å². The number of guanidine groups is 1. The molecule has 21 heavy (non-hydrogen) atoms. The van der Waals surface area contributed by atoms with Crippen molar-refractivity contribution in [3.63, 3.8) is 0 Å². The molecule has 0 bridgehead atoms. The molecule has 1 atom stereocenters. The van der Waals surface area contributed by atoms with Crippen molar-refractivity contribution in [2.24, 2.45) is 4.99 Å². The molecule has 0 aromatic heterocycles. The van der Waals surface area contributed by atoms with E-state index < -0.39 is 5.82 Å². The van der Waals surface area contributed by atoms with E-state index in [0.717, 1.165) is 25.0 Å². The van der Waals surface area contributed by atoms with Crippen LogP contribution in [0.2, 0.25) is 5.02 Å². The van der Waals surface area contributed by atoms with E-state index in [4.69, 9.17) is 16.3 Å². The van der Waals surface area contributed by atoms with Gasteiger partial charge < -0.3 is 15.4 Å². The van der Waals surface area contributed by atoms with E-state index in [2.05, 4.69) is 22.5 Å². The monoisotopic (exact) mass is 313 g/mol. The Labute approximate surface area is 129 Å². The molecule has 0 saturated carbocycles. The minimum Gasteiger partial charge on any atom is -0.373 e. The Morgan fingerprint density at radius 3 is 2.90 bits per heavy atom. The molecule has 1 aliphatic heterocycles. The van der Waals surface area contributed by atoms with Gasteiger partial charge in [-0.25, -0.2) is 4.39 Å². The summed E-state index contributed by atoms with van der Waals surface area (Å²) in [6.45, 7) is 4.15. The van der Waals surface area contributed by atoms with Gasteiger partial charge in [0.2, 0.25) is 0 Å². The van der Waals surface area contributed by atoms with Gasteiger partial charge in [0.05, 0.1) is 10.6 Å². The molecule has 1 saturated heterocycles. The predicted molar refractivity (Wildman–Crippen MR) is 83.2 cm³/mol. The summed E-state index contributed by atoms with van der Waals surface area (Å²) in [7, 11) is 1.71. The minimum atomic E-state index is -0.408. The summed E-state index contributed by atoms with van der Waals surface area (Å²) >= 11 is 5.76. The van der Waals surface area contributed by atoms with Crippen LogP contribution in [0.25, 0.3) is 0 Å². The van der Waals surface area contributed by atoms with Crippen LogP contribution in [0.3, 0.4) is 0 Å². The first-order valence-corrected chi connectivity index (χ1v) is 7.43. The summed E-state index contributed by atoms with van der Waals surface area (Å²) < 4.78 is 18.8. The second kappa shape index (κ2) is 7.09. The summed E-state index contributed by atoms with van der Waals surface area (Å²) in [4.78, 5) is 4.17. The third-order valence-electron chi connectivity index (χ3n) is 3.60. The minimum absolute atomic E-state index is 0.128. The molecule has 1 unspecified atom stereocenters. The van der Waals surface area contributed by atoms with Gasteiger partial charge in [-0.1, -0.05) is 17.7 Å². The van der Waals surface area contributed by atoms with Gasteiger partial charge in [-0.3, -0.25) is 4.99 Å². The fourth-order valence-corrected chi connectivity index (χ4v) is 2.51. The van der Waals surface area contributed by atoms with Crippen LogP contribution in [0.4, 0.5) is 4.39 Å². The van der Waals surface area contributed by atoms with Crippen LogP contribution >= 0.6 is 11.6 Å². The molecule has 116 valence electrons. The predicted octanol–water partition coefficient (Wildman–Crippen LogP) is 2.71. The van der Waals surface area contributed by atoms with Crippen LogP contribution < -0.4 is 10.6 Å². The normalized spacial score (nSPS) is 22.4. The first kappa shape index (κ1) is 16.0. The molecule has 2 N–H and O–H groups in total. The zero-order valence-electron chi connectivity index (χ0n) is 12.4. The van der Waals surface area contributed by atoms with E-state index in [1.807, 2.05) is 0 Å². The highest BCUT2D eigenvalue weighted by Gasteiger charge is 2.29. The molecule has 0 spiro atoms. The number of halogens is 2. The average molecular weight is 314 g/mol. The Bertz CT molecular complexity index is 516. The van der Waals surface area contributed by atoms with Crippen LogP contribution in [-0.4, -0.2) is 31.8 Å². The molecule has 4 nitrogen and oxygen atoms in total. The number of hydrogen-bond donors (Lipinski definition) is 2.